The third-order valence-corrected chi connectivity index (χ3v) is 2.15. The van der Waals surface area contributed by atoms with Crippen molar-refractivity contribution in [2.75, 3.05) is 27.2 Å². The molecule has 0 rings (SSSR count). The van der Waals surface area contributed by atoms with Crippen molar-refractivity contribution < 1.29 is 14.1 Å². The molecule has 3 heteroatoms. The first kappa shape index (κ1) is 12.3. The SMILES string of the molecule is CC(=O)CC[N+](C)(C)CCCC=O. The van der Waals surface area contributed by atoms with E-state index in [4.69, 9.17) is 0 Å². The lowest BCUT2D eigenvalue weighted by molar-refractivity contribution is -0.889. The van der Waals surface area contributed by atoms with Crippen molar-refractivity contribution in [2.24, 2.45) is 0 Å². The van der Waals surface area contributed by atoms with Gasteiger partial charge in [-0.25, -0.2) is 0 Å². The van der Waals surface area contributed by atoms with Gasteiger partial charge in [0.1, 0.15) is 12.1 Å². The van der Waals surface area contributed by atoms with Crippen LogP contribution >= 0.6 is 0 Å². The maximum atomic E-state index is 10.8. The summed E-state index contributed by atoms with van der Waals surface area (Å²) in [5.74, 6) is 0.238. The Morgan fingerprint density at radius 3 is 2.38 bits per heavy atom. The summed E-state index contributed by atoms with van der Waals surface area (Å²) in [5, 5.41) is 0. The van der Waals surface area contributed by atoms with E-state index in [-0.39, 0.29) is 5.78 Å². The van der Waals surface area contributed by atoms with E-state index in [1.807, 2.05) is 0 Å². The van der Waals surface area contributed by atoms with E-state index in [1.54, 1.807) is 6.92 Å². The molecule has 0 aliphatic carbocycles. The Labute approximate surface area is 80.3 Å². The van der Waals surface area contributed by atoms with Crippen molar-refractivity contribution in [2.45, 2.75) is 26.2 Å². The van der Waals surface area contributed by atoms with Gasteiger partial charge in [0.2, 0.25) is 0 Å². The van der Waals surface area contributed by atoms with Gasteiger partial charge in [-0.3, -0.25) is 4.79 Å². The first-order chi connectivity index (χ1) is 5.98. The van der Waals surface area contributed by atoms with Crippen LogP contribution < -0.4 is 0 Å². The van der Waals surface area contributed by atoms with Gasteiger partial charge in [-0.15, -0.1) is 0 Å². The summed E-state index contributed by atoms with van der Waals surface area (Å²) in [6.45, 7) is 3.45. The van der Waals surface area contributed by atoms with Crippen LogP contribution in [0.4, 0.5) is 0 Å². The van der Waals surface area contributed by atoms with Crippen LogP contribution in [0.2, 0.25) is 0 Å². The van der Waals surface area contributed by atoms with Crippen LogP contribution in [0.25, 0.3) is 0 Å². The molecule has 13 heavy (non-hydrogen) atoms. The number of carbonyl (C=O) groups is 2. The van der Waals surface area contributed by atoms with Crippen molar-refractivity contribution in [3.8, 4) is 0 Å². The van der Waals surface area contributed by atoms with Gasteiger partial charge in [0.25, 0.3) is 0 Å². The molecule has 0 radical (unpaired) electrons. The molecule has 0 saturated heterocycles. The van der Waals surface area contributed by atoms with Gasteiger partial charge in [0.05, 0.1) is 33.6 Å². The average Bonchev–Trinajstić information content (AvgIpc) is 2.02. The number of carbonyl (C=O) groups excluding carboxylic acids is 2. The smallest absolute Gasteiger partial charge is 0.135 e. The van der Waals surface area contributed by atoms with Gasteiger partial charge in [-0.1, -0.05) is 0 Å². The molecule has 0 saturated carbocycles. The lowest BCUT2D eigenvalue weighted by atomic mass is 10.2. The third kappa shape index (κ3) is 7.65. The maximum absolute atomic E-state index is 10.8. The molecule has 0 bridgehead atoms. The number of quaternary nitrogens is 1. The van der Waals surface area contributed by atoms with Crippen LogP contribution in [-0.2, 0) is 9.59 Å². The molecule has 0 unspecified atom stereocenters. The number of ketones is 1. The molecule has 0 heterocycles. The second-order valence-electron chi connectivity index (χ2n) is 4.14. The Balaban J connectivity index is 3.65. The number of nitrogens with zero attached hydrogens (tertiary/aromatic N) is 1. The number of hydrogen-bond donors (Lipinski definition) is 0. The van der Waals surface area contributed by atoms with Crippen molar-refractivity contribution >= 4 is 12.1 Å². The standard InChI is InChI=1S/C10H20NO2/c1-10(13)6-8-11(2,3)7-4-5-9-12/h9H,4-8H2,1-3H3/q+1. The van der Waals surface area contributed by atoms with Crippen LogP contribution in [-0.4, -0.2) is 43.7 Å². The van der Waals surface area contributed by atoms with E-state index < -0.39 is 0 Å². The van der Waals surface area contributed by atoms with Crippen LogP contribution in [0.5, 0.6) is 0 Å². The van der Waals surface area contributed by atoms with Gasteiger partial charge in [0.15, 0.2) is 0 Å². The van der Waals surface area contributed by atoms with Crippen molar-refractivity contribution in [1.29, 1.82) is 0 Å². The molecular weight excluding hydrogens is 166 g/mol. The van der Waals surface area contributed by atoms with Crippen molar-refractivity contribution in [1.82, 2.24) is 0 Å². The molecule has 0 amide bonds. The summed E-state index contributed by atoms with van der Waals surface area (Å²) in [6, 6.07) is 0. The fourth-order valence-electron chi connectivity index (χ4n) is 1.17. The summed E-state index contributed by atoms with van der Waals surface area (Å²) in [4.78, 5) is 20.8. The van der Waals surface area contributed by atoms with E-state index in [1.165, 1.54) is 0 Å². The number of hydrogen-bond acceptors (Lipinski definition) is 2. The summed E-state index contributed by atoms with van der Waals surface area (Å²) in [7, 11) is 4.18. The van der Waals surface area contributed by atoms with Crippen molar-refractivity contribution in [3.05, 3.63) is 0 Å². The first-order valence-electron chi connectivity index (χ1n) is 4.73. The first-order valence-corrected chi connectivity index (χ1v) is 4.73. The van der Waals surface area contributed by atoms with Gasteiger partial charge < -0.3 is 9.28 Å². The molecular formula is C10H20NO2+. The molecule has 0 spiro atoms. The minimum Gasteiger partial charge on any atom is -0.328 e. The van der Waals surface area contributed by atoms with E-state index in [9.17, 15) is 9.59 Å². The third-order valence-electron chi connectivity index (χ3n) is 2.15. The molecule has 0 N–H and O–H groups in total. The predicted octanol–water partition coefficient (Wildman–Crippen LogP) is 1.02. The Kier molecular flexibility index (Phi) is 5.55. The zero-order valence-corrected chi connectivity index (χ0v) is 8.88. The fraction of sp³-hybridized carbons (Fsp3) is 0.800. The number of aldehydes is 1. The highest BCUT2D eigenvalue weighted by molar-refractivity contribution is 5.75. The predicted molar refractivity (Wildman–Crippen MR) is 52.4 cm³/mol. The number of Topliss-reactive ketones (excluding diaryl/α,β-unsaturated/α-hetero) is 1. The van der Waals surface area contributed by atoms with Gasteiger partial charge in [-0.2, -0.15) is 0 Å². The van der Waals surface area contributed by atoms with Gasteiger partial charge in [0, 0.05) is 12.8 Å². The Hall–Kier alpha value is -0.700. The van der Waals surface area contributed by atoms with Gasteiger partial charge in [-0.05, 0) is 6.92 Å². The second-order valence-corrected chi connectivity index (χ2v) is 4.14. The molecule has 0 fully saturated rings. The van der Waals surface area contributed by atoms with Crippen LogP contribution in [0.15, 0.2) is 0 Å². The number of unbranched alkanes of at least 4 members (excludes halogenated alkanes) is 1. The van der Waals surface area contributed by atoms with E-state index in [0.29, 0.717) is 12.8 Å². The number of rotatable bonds is 7. The highest BCUT2D eigenvalue weighted by Crippen LogP contribution is 2.02. The highest BCUT2D eigenvalue weighted by Gasteiger charge is 2.14. The summed E-state index contributed by atoms with van der Waals surface area (Å²) < 4.78 is 0.827. The summed E-state index contributed by atoms with van der Waals surface area (Å²) >= 11 is 0. The molecule has 0 aliphatic heterocycles. The molecule has 0 atom stereocenters. The molecule has 3 nitrogen and oxygen atoms in total. The van der Waals surface area contributed by atoms with Crippen LogP contribution in [0, 0.1) is 0 Å². The molecule has 76 valence electrons. The Morgan fingerprint density at radius 2 is 1.92 bits per heavy atom. The second kappa shape index (κ2) is 5.86. The quantitative estimate of drug-likeness (QED) is 0.338. The maximum Gasteiger partial charge on any atom is 0.135 e. The van der Waals surface area contributed by atoms with Crippen LogP contribution in [0.1, 0.15) is 26.2 Å². The zero-order valence-electron chi connectivity index (χ0n) is 8.88. The Bertz CT molecular complexity index is 176. The zero-order chi connectivity index (χ0) is 10.3. The largest absolute Gasteiger partial charge is 0.328 e. The topological polar surface area (TPSA) is 34.1 Å². The lowest BCUT2D eigenvalue weighted by Crippen LogP contribution is -2.41. The molecule has 0 aliphatic rings. The van der Waals surface area contributed by atoms with E-state index in [2.05, 4.69) is 14.1 Å². The van der Waals surface area contributed by atoms with E-state index in [0.717, 1.165) is 30.3 Å². The fourth-order valence-corrected chi connectivity index (χ4v) is 1.17. The lowest BCUT2D eigenvalue weighted by Gasteiger charge is -2.29. The molecule has 0 aromatic carbocycles. The molecule has 0 aromatic rings. The minimum absolute atomic E-state index is 0.238. The average molecular weight is 186 g/mol. The van der Waals surface area contributed by atoms with Crippen LogP contribution in [0.3, 0.4) is 0 Å². The summed E-state index contributed by atoms with van der Waals surface area (Å²) in [5.41, 5.74) is 0. The van der Waals surface area contributed by atoms with E-state index >= 15 is 0 Å². The Morgan fingerprint density at radius 1 is 1.31 bits per heavy atom. The van der Waals surface area contributed by atoms with Gasteiger partial charge >= 0.3 is 0 Å². The van der Waals surface area contributed by atoms with Crippen molar-refractivity contribution in [3.63, 3.8) is 0 Å². The highest BCUT2D eigenvalue weighted by atomic mass is 16.1. The summed E-state index contributed by atoms with van der Waals surface area (Å²) in [6.07, 6.45) is 3.12. The minimum atomic E-state index is 0.238. The normalized spacial score (nSPS) is 11.3. The monoisotopic (exact) mass is 186 g/mol. The molecule has 0 aromatic heterocycles.